The van der Waals surface area contributed by atoms with Crippen molar-refractivity contribution in [3.63, 3.8) is 0 Å². The lowest BCUT2D eigenvalue weighted by atomic mass is 10.2. The van der Waals surface area contributed by atoms with Crippen LogP contribution in [-0.2, 0) is 9.53 Å². The zero-order chi connectivity index (χ0) is 20.4. The van der Waals surface area contributed by atoms with E-state index >= 15 is 0 Å². The van der Waals surface area contributed by atoms with Gasteiger partial charge in [0.1, 0.15) is 6.61 Å². The molecule has 0 aliphatic carbocycles. The van der Waals surface area contributed by atoms with E-state index in [0.29, 0.717) is 35.6 Å². The molecule has 3 aromatic rings. The van der Waals surface area contributed by atoms with E-state index in [9.17, 15) is 9.59 Å². The molecule has 2 N–H and O–H groups in total. The van der Waals surface area contributed by atoms with Crippen LogP contribution >= 0.6 is 11.3 Å². The van der Waals surface area contributed by atoms with Gasteiger partial charge >= 0.3 is 6.09 Å². The molecule has 1 aliphatic rings. The highest BCUT2D eigenvalue weighted by Gasteiger charge is 2.27. The maximum absolute atomic E-state index is 11.8. The van der Waals surface area contributed by atoms with E-state index in [1.54, 1.807) is 24.4 Å². The summed E-state index contributed by atoms with van der Waals surface area (Å²) < 4.78 is 4.98. The molecule has 0 saturated carbocycles. The normalized spacial score (nSPS) is 13.3. The Hall–Kier alpha value is -3.53. The van der Waals surface area contributed by atoms with Crippen molar-refractivity contribution in [3.05, 3.63) is 42.2 Å². The number of nitrogens with zero attached hydrogens (tertiary/aromatic N) is 4. The molecule has 0 unspecified atom stereocenters. The summed E-state index contributed by atoms with van der Waals surface area (Å²) in [6, 6.07) is 9.05. The van der Waals surface area contributed by atoms with Gasteiger partial charge in [0.2, 0.25) is 11.9 Å². The number of anilines is 4. The Bertz CT molecular complexity index is 1070. The molecule has 1 saturated heterocycles. The third kappa shape index (κ3) is 4.16. The maximum atomic E-state index is 11.8. The zero-order valence-electron chi connectivity index (χ0n) is 15.8. The molecule has 2 aromatic heterocycles. The monoisotopic (exact) mass is 410 g/mol. The lowest BCUT2D eigenvalue weighted by molar-refractivity contribution is -0.114. The first-order valence-electron chi connectivity index (χ1n) is 8.89. The first kappa shape index (κ1) is 18.8. The van der Waals surface area contributed by atoms with E-state index in [1.165, 1.54) is 23.2 Å². The largest absolute Gasteiger partial charge is 0.447 e. The number of ether oxygens (including phenoxy) is 1. The number of cyclic esters (lactones) is 1. The summed E-state index contributed by atoms with van der Waals surface area (Å²) in [5.41, 5.74) is 3.00. The van der Waals surface area contributed by atoms with Crippen LogP contribution in [0.15, 0.2) is 36.5 Å². The number of hydrogen-bond donors (Lipinski definition) is 2. The second-order valence-corrected chi connectivity index (χ2v) is 7.30. The van der Waals surface area contributed by atoms with Crippen LogP contribution in [-0.4, -0.2) is 40.1 Å². The van der Waals surface area contributed by atoms with Crippen LogP contribution in [0.1, 0.15) is 12.6 Å². The molecule has 0 atom stereocenters. The molecule has 0 spiro atoms. The first-order valence-corrected chi connectivity index (χ1v) is 9.71. The summed E-state index contributed by atoms with van der Waals surface area (Å²) in [6.45, 7) is 4.21. The number of amides is 2. The van der Waals surface area contributed by atoms with Gasteiger partial charge in [-0.3, -0.25) is 4.79 Å². The Balaban J connectivity index is 1.54. The van der Waals surface area contributed by atoms with Crippen molar-refractivity contribution in [2.75, 3.05) is 28.7 Å². The molecule has 3 heterocycles. The van der Waals surface area contributed by atoms with Crippen LogP contribution in [0.5, 0.6) is 0 Å². The standard InChI is InChI=1S/C19H18N6O3S/c1-11-16(29-18(21-11)25-9-10-28-19(25)27)15-7-8-20-17(24-15)23-14-5-3-13(4-6-14)22-12(2)26/h3-8H,9-10H2,1-2H3,(H,22,26)(H,20,23,24). The average Bonchev–Trinajstić information content (AvgIpc) is 3.28. The van der Waals surface area contributed by atoms with Gasteiger partial charge in [0.25, 0.3) is 0 Å². The highest BCUT2D eigenvalue weighted by Crippen LogP contribution is 2.35. The molecule has 9 nitrogen and oxygen atoms in total. The molecule has 10 heteroatoms. The molecule has 4 rings (SSSR count). The summed E-state index contributed by atoms with van der Waals surface area (Å²) in [4.78, 5) is 38.6. The van der Waals surface area contributed by atoms with Crippen molar-refractivity contribution in [2.45, 2.75) is 13.8 Å². The van der Waals surface area contributed by atoms with E-state index in [2.05, 4.69) is 25.6 Å². The fourth-order valence-electron chi connectivity index (χ4n) is 2.82. The Morgan fingerprint density at radius 3 is 2.62 bits per heavy atom. The summed E-state index contributed by atoms with van der Waals surface area (Å²) in [6.07, 6.45) is 1.29. The summed E-state index contributed by atoms with van der Waals surface area (Å²) in [7, 11) is 0. The molecular weight excluding hydrogens is 392 g/mol. The zero-order valence-corrected chi connectivity index (χ0v) is 16.6. The number of benzene rings is 1. The van der Waals surface area contributed by atoms with E-state index < -0.39 is 0 Å². The summed E-state index contributed by atoms with van der Waals surface area (Å²) in [5, 5.41) is 6.47. The van der Waals surface area contributed by atoms with Gasteiger partial charge in [0, 0.05) is 24.5 Å². The Kier molecular flexibility index (Phi) is 5.09. The Morgan fingerprint density at radius 1 is 1.17 bits per heavy atom. The number of aryl methyl sites for hydroxylation is 1. The Morgan fingerprint density at radius 2 is 1.93 bits per heavy atom. The van der Waals surface area contributed by atoms with Crippen LogP contribution < -0.4 is 15.5 Å². The van der Waals surface area contributed by atoms with E-state index in [4.69, 9.17) is 4.74 Å². The highest BCUT2D eigenvalue weighted by atomic mass is 32.1. The molecule has 148 valence electrons. The average molecular weight is 410 g/mol. The molecule has 1 aromatic carbocycles. The van der Waals surface area contributed by atoms with Gasteiger partial charge in [-0.1, -0.05) is 11.3 Å². The fraction of sp³-hybridized carbons (Fsp3) is 0.211. The van der Waals surface area contributed by atoms with Crippen molar-refractivity contribution in [2.24, 2.45) is 0 Å². The van der Waals surface area contributed by atoms with Crippen molar-refractivity contribution >= 4 is 45.8 Å². The van der Waals surface area contributed by atoms with E-state index in [1.807, 2.05) is 19.1 Å². The number of carbonyl (C=O) groups is 2. The lowest BCUT2D eigenvalue weighted by Gasteiger charge is -2.08. The van der Waals surface area contributed by atoms with Crippen molar-refractivity contribution in [3.8, 4) is 10.6 Å². The maximum Gasteiger partial charge on any atom is 0.416 e. The van der Waals surface area contributed by atoms with E-state index in [0.717, 1.165) is 16.3 Å². The number of carbonyl (C=O) groups excluding carboxylic acids is 2. The third-order valence-electron chi connectivity index (χ3n) is 4.13. The quantitative estimate of drug-likeness (QED) is 0.662. The van der Waals surface area contributed by atoms with Gasteiger partial charge in [-0.25, -0.2) is 24.6 Å². The van der Waals surface area contributed by atoms with E-state index in [-0.39, 0.29) is 12.0 Å². The molecule has 29 heavy (non-hydrogen) atoms. The smallest absolute Gasteiger partial charge is 0.416 e. The topological polar surface area (TPSA) is 109 Å². The number of hydrogen-bond acceptors (Lipinski definition) is 8. The fourth-order valence-corrected chi connectivity index (χ4v) is 3.87. The van der Waals surface area contributed by atoms with Crippen molar-refractivity contribution in [1.29, 1.82) is 0 Å². The second kappa shape index (κ2) is 7.84. The number of thiazole rings is 1. The molecule has 0 radical (unpaired) electrons. The SMILES string of the molecule is CC(=O)Nc1ccc(Nc2nccc(-c3sc(N4CCOC4=O)nc3C)n2)cc1. The molecule has 0 bridgehead atoms. The lowest BCUT2D eigenvalue weighted by Crippen LogP contribution is -2.22. The summed E-state index contributed by atoms with van der Waals surface area (Å²) in [5.74, 6) is 0.313. The minimum absolute atomic E-state index is 0.122. The van der Waals surface area contributed by atoms with Crippen LogP contribution in [0, 0.1) is 6.92 Å². The highest BCUT2D eigenvalue weighted by molar-refractivity contribution is 7.19. The Labute approximate surface area is 170 Å². The number of aromatic nitrogens is 3. The van der Waals surface area contributed by atoms with Crippen molar-refractivity contribution < 1.29 is 14.3 Å². The predicted molar refractivity (Wildman–Crippen MR) is 111 cm³/mol. The third-order valence-corrected chi connectivity index (χ3v) is 5.33. The number of rotatable bonds is 5. The molecular formula is C19H18N6O3S. The number of nitrogens with one attached hydrogen (secondary N) is 2. The van der Waals surface area contributed by atoms with Crippen LogP contribution in [0.4, 0.5) is 27.2 Å². The molecule has 2 amide bonds. The molecule has 1 fully saturated rings. The first-order chi connectivity index (χ1) is 14.0. The van der Waals surface area contributed by atoms with Crippen LogP contribution in [0.2, 0.25) is 0 Å². The van der Waals surface area contributed by atoms with Gasteiger partial charge in [0.05, 0.1) is 22.8 Å². The van der Waals surface area contributed by atoms with Crippen molar-refractivity contribution in [1.82, 2.24) is 15.0 Å². The second-order valence-electron chi connectivity index (χ2n) is 6.33. The van der Waals surface area contributed by atoms with Gasteiger partial charge < -0.3 is 15.4 Å². The van der Waals surface area contributed by atoms with Gasteiger partial charge in [-0.2, -0.15) is 0 Å². The van der Waals surface area contributed by atoms with Crippen LogP contribution in [0.3, 0.4) is 0 Å². The van der Waals surface area contributed by atoms with Gasteiger partial charge in [-0.15, -0.1) is 0 Å². The van der Waals surface area contributed by atoms with Gasteiger partial charge in [-0.05, 0) is 37.3 Å². The minimum Gasteiger partial charge on any atom is -0.447 e. The van der Waals surface area contributed by atoms with Crippen LogP contribution in [0.25, 0.3) is 10.6 Å². The summed E-state index contributed by atoms with van der Waals surface area (Å²) >= 11 is 1.39. The minimum atomic E-state index is -0.377. The van der Waals surface area contributed by atoms with Gasteiger partial charge in [0.15, 0.2) is 5.13 Å². The predicted octanol–water partition coefficient (Wildman–Crippen LogP) is 3.57. The molecule has 1 aliphatic heterocycles.